The lowest BCUT2D eigenvalue weighted by atomic mass is 9.73. The van der Waals surface area contributed by atoms with E-state index in [0.29, 0.717) is 10.7 Å². The van der Waals surface area contributed by atoms with Crippen molar-refractivity contribution >= 4 is 28.8 Å². The summed E-state index contributed by atoms with van der Waals surface area (Å²) in [6.45, 7) is 0. The third kappa shape index (κ3) is 2.51. The topological polar surface area (TPSA) is 68.0 Å². The number of hydrogen-bond acceptors (Lipinski definition) is 3. The average molecular weight is 263 g/mol. The number of hydrogen-bond donors (Lipinski definition) is 2. The molecule has 4 nitrogen and oxygen atoms in total. The van der Waals surface area contributed by atoms with Crippen LogP contribution in [0.1, 0.15) is 32.1 Å². The van der Waals surface area contributed by atoms with E-state index in [1.807, 2.05) is 0 Å². The Balaban J connectivity index is 2.16. The van der Waals surface area contributed by atoms with Crippen LogP contribution in [0.15, 0.2) is 24.5 Å². The van der Waals surface area contributed by atoms with Gasteiger partial charge in [0.05, 0.1) is 22.3 Å². The van der Waals surface area contributed by atoms with Crippen molar-refractivity contribution in [3.8, 4) is 0 Å². The van der Waals surface area contributed by atoms with Crippen molar-refractivity contribution in [1.29, 1.82) is 0 Å². The normalized spacial score (nSPS) is 18.0. The molecule has 0 unspecified atom stereocenters. The standard InChI is InChI=1S/C13H17N3OS/c14-11(18)13(6-2-1-3-7-13)12(17)16-10-5-4-8-15-9-10/h4-5,8-9H,1-3,6-7H2,(H2,14,18)(H,16,17). The highest BCUT2D eigenvalue weighted by atomic mass is 32.1. The fourth-order valence-electron chi connectivity index (χ4n) is 2.43. The number of carbonyl (C=O) groups excluding carboxylic acids is 1. The number of amides is 1. The summed E-state index contributed by atoms with van der Waals surface area (Å²) in [7, 11) is 0. The van der Waals surface area contributed by atoms with Gasteiger partial charge in [0.15, 0.2) is 0 Å². The molecule has 1 heterocycles. The maximum Gasteiger partial charge on any atom is 0.237 e. The van der Waals surface area contributed by atoms with Gasteiger partial charge in [0, 0.05) is 6.20 Å². The zero-order valence-corrected chi connectivity index (χ0v) is 11.0. The fourth-order valence-corrected chi connectivity index (χ4v) is 2.72. The first kappa shape index (κ1) is 13.0. The van der Waals surface area contributed by atoms with E-state index < -0.39 is 5.41 Å². The van der Waals surface area contributed by atoms with E-state index in [9.17, 15) is 4.79 Å². The fraction of sp³-hybridized carbons (Fsp3) is 0.462. The maximum absolute atomic E-state index is 12.4. The van der Waals surface area contributed by atoms with Gasteiger partial charge in [0.1, 0.15) is 0 Å². The predicted octanol–water partition coefficient (Wildman–Crippen LogP) is 2.26. The van der Waals surface area contributed by atoms with E-state index in [1.165, 1.54) is 0 Å². The van der Waals surface area contributed by atoms with Gasteiger partial charge in [-0.15, -0.1) is 0 Å². The number of thiocarbonyl (C=S) groups is 1. The minimum Gasteiger partial charge on any atom is -0.392 e. The first-order chi connectivity index (χ1) is 8.65. The monoisotopic (exact) mass is 263 g/mol. The number of aromatic nitrogens is 1. The van der Waals surface area contributed by atoms with Crippen LogP contribution in [0, 0.1) is 5.41 Å². The first-order valence-corrected chi connectivity index (χ1v) is 6.57. The van der Waals surface area contributed by atoms with Gasteiger partial charge in [-0.05, 0) is 25.0 Å². The third-order valence-electron chi connectivity index (χ3n) is 3.53. The largest absolute Gasteiger partial charge is 0.392 e. The van der Waals surface area contributed by atoms with Crippen LogP contribution < -0.4 is 11.1 Å². The second-order valence-electron chi connectivity index (χ2n) is 4.70. The SMILES string of the molecule is NC(=S)C1(C(=O)Nc2cccnc2)CCCCC1. The number of rotatable bonds is 3. The Hall–Kier alpha value is -1.49. The van der Waals surface area contributed by atoms with Gasteiger partial charge in [-0.1, -0.05) is 31.5 Å². The molecule has 0 aromatic carbocycles. The summed E-state index contributed by atoms with van der Waals surface area (Å²) < 4.78 is 0. The Labute approximate surface area is 112 Å². The Morgan fingerprint density at radius 2 is 2.11 bits per heavy atom. The molecule has 1 aromatic rings. The summed E-state index contributed by atoms with van der Waals surface area (Å²) in [5, 5.41) is 2.86. The van der Waals surface area contributed by atoms with Crippen LogP contribution >= 0.6 is 12.2 Å². The molecule has 1 aliphatic rings. The molecule has 1 saturated carbocycles. The number of nitrogens with two attached hydrogens (primary N) is 1. The minimum absolute atomic E-state index is 0.0947. The van der Waals surface area contributed by atoms with Crippen molar-refractivity contribution in [3.05, 3.63) is 24.5 Å². The lowest BCUT2D eigenvalue weighted by Gasteiger charge is -2.34. The van der Waals surface area contributed by atoms with Crippen molar-refractivity contribution < 1.29 is 4.79 Å². The molecule has 1 amide bonds. The van der Waals surface area contributed by atoms with E-state index in [4.69, 9.17) is 18.0 Å². The Morgan fingerprint density at radius 3 is 2.67 bits per heavy atom. The smallest absolute Gasteiger partial charge is 0.237 e. The molecule has 1 aliphatic carbocycles. The molecule has 0 spiro atoms. The zero-order chi connectivity index (χ0) is 13.0. The molecule has 0 aliphatic heterocycles. The molecule has 18 heavy (non-hydrogen) atoms. The van der Waals surface area contributed by atoms with Crippen LogP contribution in [-0.4, -0.2) is 15.9 Å². The van der Waals surface area contributed by atoms with E-state index in [-0.39, 0.29) is 5.91 Å². The summed E-state index contributed by atoms with van der Waals surface area (Å²) in [6, 6.07) is 3.59. The number of nitrogens with one attached hydrogen (secondary N) is 1. The quantitative estimate of drug-likeness (QED) is 0.821. The van der Waals surface area contributed by atoms with Gasteiger partial charge in [0.2, 0.25) is 5.91 Å². The zero-order valence-electron chi connectivity index (χ0n) is 10.2. The molecule has 96 valence electrons. The van der Waals surface area contributed by atoms with Crippen molar-refractivity contribution in [2.75, 3.05) is 5.32 Å². The summed E-state index contributed by atoms with van der Waals surface area (Å²) >= 11 is 5.12. The van der Waals surface area contributed by atoms with Crippen LogP contribution in [0.25, 0.3) is 0 Å². The van der Waals surface area contributed by atoms with Crippen LogP contribution in [0.4, 0.5) is 5.69 Å². The molecular formula is C13H17N3OS. The summed E-state index contributed by atoms with van der Waals surface area (Å²) in [5.41, 5.74) is 5.82. The third-order valence-corrected chi connectivity index (χ3v) is 3.92. The Kier molecular flexibility index (Phi) is 3.91. The molecule has 0 radical (unpaired) electrons. The van der Waals surface area contributed by atoms with Gasteiger partial charge in [-0.25, -0.2) is 0 Å². The molecule has 0 atom stereocenters. The van der Waals surface area contributed by atoms with Gasteiger partial charge >= 0.3 is 0 Å². The summed E-state index contributed by atoms with van der Waals surface area (Å²) in [5.74, 6) is -0.0947. The first-order valence-electron chi connectivity index (χ1n) is 6.16. The number of carbonyl (C=O) groups is 1. The van der Waals surface area contributed by atoms with Gasteiger partial charge in [0.25, 0.3) is 0 Å². The molecule has 0 saturated heterocycles. The lowest BCUT2D eigenvalue weighted by Crippen LogP contribution is -2.47. The molecule has 1 fully saturated rings. The molecule has 1 aromatic heterocycles. The van der Waals surface area contributed by atoms with E-state index in [1.54, 1.807) is 24.5 Å². The highest BCUT2D eigenvalue weighted by Crippen LogP contribution is 2.37. The van der Waals surface area contributed by atoms with E-state index >= 15 is 0 Å². The molecule has 0 bridgehead atoms. The van der Waals surface area contributed by atoms with Crippen LogP contribution in [0.5, 0.6) is 0 Å². The van der Waals surface area contributed by atoms with Crippen molar-refractivity contribution in [2.45, 2.75) is 32.1 Å². The highest BCUT2D eigenvalue weighted by Gasteiger charge is 2.42. The van der Waals surface area contributed by atoms with E-state index in [0.717, 1.165) is 32.1 Å². The summed E-state index contributed by atoms with van der Waals surface area (Å²) in [4.78, 5) is 16.7. The molecular weight excluding hydrogens is 246 g/mol. The Morgan fingerprint density at radius 1 is 1.39 bits per heavy atom. The van der Waals surface area contributed by atoms with Crippen LogP contribution in [-0.2, 0) is 4.79 Å². The van der Waals surface area contributed by atoms with Gasteiger partial charge < -0.3 is 11.1 Å². The van der Waals surface area contributed by atoms with Crippen LogP contribution in [0.3, 0.4) is 0 Å². The summed E-state index contributed by atoms with van der Waals surface area (Å²) in [6.07, 6.45) is 7.91. The van der Waals surface area contributed by atoms with E-state index in [2.05, 4.69) is 10.3 Å². The maximum atomic E-state index is 12.4. The minimum atomic E-state index is -0.677. The second-order valence-corrected chi connectivity index (χ2v) is 5.14. The van der Waals surface area contributed by atoms with Gasteiger partial charge in [-0.2, -0.15) is 0 Å². The van der Waals surface area contributed by atoms with Crippen molar-refractivity contribution in [3.63, 3.8) is 0 Å². The molecule has 3 N–H and O–H groups in total. The number of pyridine rings is 1. The van der Waals surface area contributed by atoms with Crippen molar-refractivity contribution in [1.82, 2.24) is 4.98 Å². The van der Waals surface area contributed by atoms with Gasteiger partial charge in [-0.3, -0.25) is 9.78 Å². The Bertz CT molecular complexity index is 441. The van der Waals surface area contributed by atoms with Crippen LogP contribution in [0.2, 0.25) is 0 Å². The second kappa shape index (κ2) is 5.44. The molecule has 5 heteroatoms. The average Bonchev–Trinajstić information content (AvgIpc) is 2.40. The predicted molar refractivity (Wildman–Crippen MR) is 75.2 cm³/mol. The van der Waals surface area contributed by atoms with Crippen molar-refractivity contribution in [2.24, 2.45) is 11.1 Å². The number of nitrogens with zero attached hydrogens (tertiary/aromatic N) is 1. The highest BCUT2D eigenvalue weighted by molar-refractivity contribution is 7.80. The number of anilines is 1. The molecule has 2 rings (SSSR count). The lowest BCUT2D eigenvalue weighted by molar-refractivity contribution is -0.123.